The molecule has 0 atom stereocenters. The number of nitrogens with two attached hydrogens (primary N) is 1. The van der Waals surface area contributed by atoms with Crippen LogP contribution in [-0.4, -0.2) is 11.5 Å². The van der Waals surface area contributed by atoms with Crippen LogP contribution in [0.25, 0.3) is 10.4 Å². The van der Waals surface area contributed by atoms with Crippen molar-refractivity contribution in [3.63, 3.8) is 0 Å². The lowest BCUT2D eigenvalue weighted by Gasteiger charge is -2.08. The second kappa shape index (κ2) is 5.80. The molecule has 1 rings (SSSR count). The van der Waals surface area contributed by atoms with Crippen LogP contribution in [0.5, 0.6) is 0 Å². The number of anilines is 1. The summed E-state index contributed by atoms with van der Waals surface area (Å²) >= 11 is 0. The second-order valence-corrected chi connectivity index (χ2v) is 3.14. The predicted molar refractivity (Wildman–Crippen MR) is 59.2 cm³/mol. The first-order valence-corrected chi connectivity index (χ1v) is 4.78. The van der Waals surface area contributed by atoms with Crippen LogP contribution in [0.4, 0.5) is 19.0 Å². The number of azide groups is 1. The molecule has 94 valence electrons. The lowest BCUT2D eigenvalue weighted by atomic mass is 10.2. The number of rotatable bonds is 2. The summed E-state index contributed by atoms with van der Waals surface area (Å²) in [6.07, 6.45) is -4.43. The van der Waals surface area contributed by atoms with Crippen molar-refractivity contribution in [2.45, 2.75) is 12.6 Å². The van der Waals surface area contributed by atoms with Gasteiger partial charge >= 0.3 is 6.18 Å². The third-order valence-corrected chi connectivity index (χ3v) is 1.81. The standard InChI is InChI=1S/C10H8F3N5/c11-10(12,13)9-7(4-5-8(14)17-9)3-1-2-6-16-18-15/h4-5H,2,6H2,(H2,14,17). The molecule has 1 aromatic rings. The van der Waals surface area contributed by atoms with E-state index in [2.05, 4.69) is 26.9 Å². The molecule has 2 N–H and O–H groups in total. The van der Waals surface area contributed by atoms with Crippen LogP contribution in [-0.2, 0) is 6.18 Å². The average molecular weight is 255 g/mol. The van der Waals surface area contributed by atoms with Crippen molar-refractivity contribution >= 4 is 5.82 Å². The highest BCUT2D eigenvalue weighted by atomic mass is 19.4. The van der Waals surface area contributed by atoms with E-state index in [1.54, 1.807) is 0 Å². The van der Waals surface area contributed by atoms with Gasteiger partial charge in [-0.1, -0.05) is 17.0 Å². The van der Waals surface area contributed by atoms with Crippen LogP contribution >= 0.6 is 0 Å². The zero-order chi connectivity index (χ0) is 13.6. The van der Waals surface area contributed by atoms with Crippen molar-refractivity contribution in [3.8, 4) is 11.8 Å². The van der Waals surface area contributed by atoms with Crippen molar-refractivity contribution in [1.82, 2.24) is 4.98 Å². The molecule has 0 fully saturated rings. The highest BCUT2D eigenvalue weighted by Gasteiger charge is 2.35. The van der Waals surface area contributed by atoms with Crippen LogP contribution in [0.3, 0.4) is 0 Å². The molecule has 0 bridgehead atoms. The molecule has 0 radical (unpaired) electrons. The minimum Gasteiger partial charge on any atom is -0.384 e. The molecule has 0 aromatic carbocycles. The first-order chi connectivity index (χ1) is 8.45. The van der Waals surface area contributed by atoms with Crippen LogP contribution in [0.1, 0.15) is 17.7 Å². The van der Waals surface area contributed by atoms with Gasteiger partial charge in [0.05, 0.1) is 5.56 Å². The van der Waals surface area contributed by atoms with Gasteiger partial charge in [-0.15, -0.1) is 0 Å². The summed E-state index contributed by atoms with van der Waals surface area (Å²) in [5, 5.41) is 3.21. The van der Waals surface area contributed by atoms with Gasteiger partial charge in [0.1, 0.15) is 5.82 Å². The molecular formula is C10H8F3N5. The number of hydrogen-bond donors (Lipinski definition) is 1. The fourth-order valence-corrected chi connectivity index (χ4v) is 1.10. The Labute approximate surface area is 100 Å². The minimum atomic E-state index is -4.61. The van der Waals surface area contributed by atoms with E-state index in [0.29, 0.717) is 0 Å². The largest absolute Gasteiger partial charge is 0.434 e. The quantitative estimate of drug-likeness (QED) is 0.289. The summed E-state index contributed by atoms with van der Waals surface area (Å²) in [7, 11) is 0. The van der Waals surface area contributed by atoms with Gasteiger partial charge in [-0.2, -0.15) is 13.2 Å². The molecule has 5 nitrogen and oxygen atoms in total. The maximum absolute atomic E-state index is 12.6. The van der Waals surface area contributed by atoms with Gasteiger partial charge < -0.3 is 5.73 Å². The first kappa shape index (κ1) is 13.7. The van der Waals surface area contributed by atoms with E-state index in [0.717, 1.165) is 6.07 Å². The number of halogens is 3. The Morgan fingerprint density at radius 3 is 2.78 bits per heavy atom. The van der Waals surface area contributed by atoms with Crippen LogP contribution in [0.15, 0.2) is 17.2 Å². The van der Waals surface area contributed by atoms with Gasteiger partial charge in [-0.3, -0.25) is 0 Å². The van der Waals surface area contributed by atoms with Crippen LogP contribution in [0, 0.1) is 11.8 Å². The lowest BCUT2D eigenvalue weighted by molar-refractivity contribution is -0.141. The number of nitrogens with zero attached hydrogens (tertiary/aromatic N) is 4. The maximum atomic E-state index is 12.6. The highest BCUT2D eigenvalue weighted by Crippen LogP contribution is 2.30. The van der Waals surface area contributed by atoms with E-state index < -0.39 is 11.9 Å². The Balaban J connectivity index is 2.98. The summed E-state index contributed by atoms with van der Waals surface area (Å²) in [4.78, 5) is 5.72. The Morgan fingerprint density at radius 1 is 1.44 bits per heavy atom. The molecule has 1 aromatic heterocycles. The Bertz CT molecular complexity index is 535. The number of hydrogen-bond acceptors (Lipinski definition) is 3. The predicted octanol–water partition coefficient (Wildman–Crippen LogP) is 2.73. The smallest absolute Gasteiger partial charge is 0.384 e. The first-order valence-electron chi connectivity index (χ1n) is 4.78. The number of aromatic nitrogens is 1. The minimum absolute atomic E-state index is 0.104. The molecule has 18 heavy (non-hydrogen) atoms. The number of pyridine rings is 1. The molecule has 0 aliphatic carbocycles. The SMILES string of the molecule is [N-]=[N+]=NCCC#Cc1ccc(N)nc1C(F)(F)F. The zero-order valence-corrected chi connectivity index (χ0v) is 9.07. The molecule has 0 spiro atoms. The maximum Gasteiger partial charge on any atom is 0.434 e. The Kier molecular flexibility index (Phi) is 4.40. The van der Waals surface area contributed by atoms with E-state index in [-0.39, 0.29) is 24.3 Å². The molecule has 0 saturated heterocycles. The van der Waals surface area contributed by atoms with E-state index >= 15 is 0 Å². The average Bonchev–Trinajstić information content (AvgIpc) is 2.29. The molecule has 0 aliphatic rings. The van der Waals surface area contributed by atoms with Crippen molar-refractivity contribution in [2.75, 3.05) is 12.3 Å². The summed E-state index contributed by atoms with van der Waals surface area (Å²) in [6, 6.07) is 2.40. The van der Waals surface area contributed by atoms with E-state index in [1.807, 2.05) is 0 Å². The van der Waals surface area contributed by atoms with Gasteiger partial charge in [-0.05, 0) is 17.7 Å². The second-order valence-electron chi connectivity index (χ2n) is 3.14. The molecule has 0 saturated carbocycles. The summed E-state index contributed by atoms with van der Waals surface area (Å²) in [5.41, 5.74) is 11.8. The summed E-state index contributed by atoms with van der Waals surface area (Å²) in [6.45, 7) is 0.104. The molecule has 0 amide bonds. The fraction of sp³-hybridized carbons (Fsp3) is 0.300. The van der Waals surface area contributed by atoms with Crippen molar-refractivity contribution in [3.05, 3.63) is 33.8 Å². The highest BCUT2D eigenvalue weighted by molar-refractivity contribution is 5.44. The van der Waals surface area contributed by atoms with Gasteiger partial charge in [0.15, 0.2) is 5.69 Å². The van der Waals surface area contributed by atoms with E-state index in [1.165, 1.54) is 6.07 Å². The van der Waals surface area contributed by atoms with E-state index in [9.17, 15) is 13.2 Å². The molecular weight excluding hydrogens is 247 g/mol. The molecule has 8 heteroatoms. The van der Waals surface area contributed by atoms with Crippen molar-refractivity contribution in [2.24, 2.45) is 5.11 Å². The number of alkyl halides is 3. The Hall–Kier alpha value is -2.39. The fourth-order valence-electron chi connectivity index (χ4n) is 1.10. The summed E-state index contributed by atoms with van der Waals surface area (Å²) in [5.74, 6) is 4.59. The van der Waals surface area contributed by atoms with Gasteiger partial charge in [0, 0.05) is 17.9 Å². The van der Waals surface area contributed by atoms with E-state index in [4.69, 9.17) is 11.3 Å². The molecule has 0 aliphatic heterocycles. The number of nitrogen functional groups attached to an aromatic ring is 1. The third kappa shape index (κ3) is 3.88. The van der Waals surface area contributed by atoms with Crippen LogP contribution < -0.4 is 5.73 Å². The van der Waals surface area contributed by atoms with Gasteiger partial charge in [-0.25, -0.2) is 4.98 Å². The van der Waals surface area contributed by atoms with Crippen molar-refractivity contribution < 1.29 is 13.2 Å². The zero-order valence-electron chi connectivity index (χ0n) is 9.07. The lowest BCUT2D eigenvalue weighted by Crippen LogP contribution is -2.12. The summed E-state index contributed by atoms with van der Waals surface area (Å²) < 4.78 is 37.8. The molecule has 0 unspecified atom stereocenters. The normalized spacial score (nSPS) is 10.2. The van der Waals surface area contributed by atoms with Gasteiger partial charge in [0.2, 0.25) is 0 Å². The third-order valence-electron chi connectivity index (χ3n) is 1.81. The Morgan fingerprint density at radius 2 is 2.17 bits per heavy atom. The van der Waals surface area contributed by atoms with Crippen LogP contribution in [0.2, 0.25) is 0 Å². The topological polar surface area (TPSA) is 87.7 Å². The molecule has 1 heterocycles. The monoisotopic (exact) mass is 255 g/mol. The van der Waals surface area contributed by atoms with Crippen molar-refractivity contribution in [1.29, 1.82) is 0 Å². The van der Waals surface area contributed by atoms with Gasteiger partial charge in [0.25, 0.3) is 0 Å².